The summed E-state index contributed by atoms with van der Waals surface area (Å²) in [6.45, 7) is 3.66. The van der Waals surface area contributed by atoms with Gasteiger partial charge in [0.2, 0.25) is 5.91 Å². The summed E-state index contributed by atoms with van der Waals surface area (Å²) in [5.74, 6) is 0.473. The normalized spacial score (nSPS) is 20.6. The molecule has 4 heteroatoms. The Morgan fingerprint density at radius 3 is 2.74 bits per heavy atom. The van der Waals surface area contributed by atoms with Crippen LogP contribution in [0.3, 0.4) is 0 Å². The van der Waals surface area contributed by atoms with Gasteiger partial charge in [-0.05, 0) is 30.5 Å². The van der Waals surface area contributed by atoms with E-state index in [0.717, 1.165) is 23.9 Å². The number of hydrogen-bond acceptors (Lipinski definition) is 2. The molecular weight excluding hydrogens is 306 g/mol. The van der Waals surface area contributed by atoms with Gasteiger partial charge in [0.05, 0.1) is 0 Å². The van der Waals surface area contributed by atoms with Gasteiger partial charge in [-0.25, -0.2) is 0 Å². The zero-order chi connectivity index (χ0) is 13.8. The van der Waals surface area contributed by atoms with E-state index in [1.807, 2.05) is 36.1 Å². The van der Waals surface area contributed by atoms with Gasteiger partial charge in [0.15, 0.2) is 0 Å². The standard InChI is InChI=1S/C15H20BrNO2/c1-11(8-12-2-4-14(16)5-3-12)15(19)17-7-6-13(9-17)10-18/h2-5,11,13,18H,6-10H2,1H3. The van der Waals surface area contributed by atoms with Gasteiger partial charge in [0.1, 0.15) is 0 Å². The maximum absolute atomic E-state index is 12.3. The first-order valence-corrected chi connectivity index (χ1v) is 7.53. The number of likely N-dealkylation sites (tertiary alicyclic amines) is 1. The van der Waals surface area contributed by atoms with Crippen LogP contribution in [-0.2, 0) is 11.2 Å². The summed E-state index contributed by atoms with van der Waals surface area (Å²) < 4.78 is 1.06. The Hall–Kier alpha value is -0.870. The molecule has 0 spiro atoms. The van der Waals surface area contributed by atoms with Gasteiger partial charge < -0.3 is 10.0 Å². The molecule has 2 unspecified atom stereocenters. The highest BCUT2D eigenvalue weighted by Crippen LogP contribution is 2.20. The number of hydrogen-bond donors (Lipinski definition) is 1. The zero-order valence-electron chi connectivity index (χ0n) is 11.2. The fourth-order valence-electron chi connectivity index (χ4n) is 2.55. The van der Waals surface area contributed by atoms with Crippen LogP contribution in [0.15, 0.2) is 28.7 Å². The third kappa shape index (κ3) is 3.80. The molecule has 2 rings (SSSR count). The molecule has 0 bridgehead atoms. The molecule has 1 N–H and O–H groups in total. The molecule has 1 amide bonds. The number of nitrogens with zero attached hydrogens (tertiary/aromatic N) is 1. The maximum atomic E-state index is 12.3. The average molecular weight is 326 g/mol. The van der Waals surface area contributed by atoms with Gasteiger partial charge in [0, 0.05) is 36.0 Å². The molecule has 0 radical (unpaired) electrons. The van der Waals surface area contributed by atoms with Gasteiger partial charge in [-0.1, -0.05) is 35.0 Å². The van der Waals surface area contributed by atoms with Crippen LogP contribution >= 0.6 is 15.9 Å². The number of rotatable bonds is 4. The highest BCUT2D eigenvalue weighted by molar-refractivity contribution is 9.10. The molecule has 0 saturated carbocycles. The first-order chi connectivity index (χ1) is 9.10. The minimum absolute atomic E-state index is 0.00128. The van der Waals surface area contributed by atoms with Crippen LogP contribution in [0.4, 0.5) is 0 Å². The lowest BCUT2D eigenvalue weighted by Crippen LogP contribution is -2.34. The van der Waals surface area contributed by atoms with Crippen LogP contribution in [0, 0.1) is 11.8 Å². The predicted octanol–water partition coefficient (Wildman–Crippen LogP) is 2.47. The highest BCUT2D eigenvalue weighted by Gasteiger charge is 2.28. The summed E-state index contributed by atoms with van der Waals surface area (Å²) in [6, 6.07) is 8.11. The quantitative estimate of drug-likeness (QED) is 0.923. The summed E-state index contributed by atoms with van der Waals surface area (Å²) >= 11 is 3.41. The smallest absolute Gasteiger partial charge is 0.225 e. The fraction of sp³-hybridized carbons (Fsp3) is 0.533. The van der Waals surface area contributed by atoms with Crippen LogP contribution in [0.5, 0.6) is 0 Å². The van der Waals surface area contributed by atoms with E-state index in [0.29, 0.717) is 6.54 Å². The molecular formula is C15H20BrNO2. The second kappa shape index (κ2) is 6.53. The van der Waals surface area contributed by atoms with Crippen LogP contribution in [0.25, 0.3) is 0 Å². The average Bonchev–Trinajstić information content (AvgIpc) is 2.89. The summed E-state index contributed by atoms with van der Waals surface area (Å²) in [5, 5.41) is 9.12. The fourth-order valence-corrected chi connectivity index (χ4v) is 2.82. The first kappa shape index (κ1) is 14.5. The van der Waals surface area contributed by atoms with E-state index in [2.05, 4.69) is 15.9 Å². The van der Waals surface area contributed by atoms with Gasteiger partial charge in [0.25, 0.3) is 0 Å². The molecule has 19 heavy (non-hydrogen) atoms. The molecule has 1 fully saturated rings. The van der Waals surface area contributed by atoms with Crippen molar-refractivity contribution in [3.05, 3.63) is 34.3 Å². The number of carbonyl (C=O) groups is 1. The minimum Gasteiger partial charge on any atom is -0.396 e. The van der Waals surface area contributed by atoms with Gasteiger partial charge >= 0.3 is 0 Å². The van der Waals surface area contributed by atoms with E-state index in [9.17, 15) is 4.79 Å². The third-order valence-corrected chi connectivity index (χ3v) is 4.26. The number of halogens is 1. The largest absolute Gasteiger partial charge is 0.396 e. The number of carbonyl (C=O) groups excluding carboxylic acids is 1. The van der Waals surface area contributed by atoms with Crippen LogP contribution in [0.2, 0.25) is 0 Å². The van der Waals surface area contributed by atoms with Crippen LogP contribution in [-0.4, -0.2) is 35.6 Å². The molecule has 1 heterocycles. The van der Waals surface area contributed by atoms with E-state index in [1.165, 1.54) is 5.56 Å². The van der Waals surface area contributed by atoms with Crippen molar-refractivity contribution in [1.82, 2.24) is 4.90 Å². The minimum atomic E-state index is -0.00128. The Labute approximate surface area is 122 Å². The van der Waals surface area contributed by atoms with Crippen LogP contribution < -0.4 is 0 Å². The summed E-state index contributed by atoms with van der Waals surface area (Å²) in [4.78, 5) is 14.2. The molecule has 1 aromatic carbocycles. The Kier molecular flexibility index (Phi) is 4.99. The lowest BCUT2D eigenvalue weighted by molar-refractivity contribution is -0.134. The van der Waals surface area contributed by atoms with Crippen molar-refractivity contribution in [2.45, 2.75) is 19.8 Å². The molecule has 1 aliphatic heterocycles. The molecule has 2 atom stereocenters. The second-order valence-electron chi connectivity index (χ2n) is 5.35. The highest BCUT2D eigenvalue weighted by atomic mass is 79.9. The second-order valence-corrected chi connectivity index (χ2v) is 6.27. The number of amides is 1. The Morgan fingerprint density at radius 2 is 2.16 bits per heavy atom. The first-order valence-electron chi connectivity index (χ1n) is 6.74. The topological polar surface area (TPSA) is 40.5 Å². The summed E-state index contributed by atoms with van der Waals surface area (Å²) in [5.41, 5.74) is 1.18. The Morgan fingerprint density at radius 1 is 1.47 bits per heavy atom. The van der Waals surface area contributed by atoms with E-state index < -0.39 is 0 Å². The molecule has 3 nitrogen and oxygen atoms in total. The number of aliphatic hydroxyl groups excluding tert-OH is 1. The monoisotopic (exact) mass is 325 g/mol. The van der Waals surface area contributed by atoms with Crippen molar-refractivity contribution in [1.29, 1.82) is 0 Å². The molecule has 104 valence electrons. The number of benzene rings is 1. The van der Waals surface area contributed by atoms with Gasteiger partial charge in [-0.2, -0.15) is 0 Å². The van der Waals surface area contributed by atoms with E-state index in [-0.39, 0.29) is 24.3 Å². The van der Waals surface area contributed by atoms with Crippen molar-refractivity contribution in [3.63, 3.8) is 0 Å². The molecule has 1 saturated heterocycles. The predicted molar refractivity (Wildman–Crippen MR) is 78.8 cm³/mol. The van der Waals surface area contributed by atoms with Crippen molar-refractivity contribution in [2.24, 2.45) is 11.8 Å². The third-order valence-electron chi connectivity index (χ3n) is 3.73. The van der Waals surface area contributed by atoms with Crippen molar-refractivity contribution in [3.8, 4) is 0 Å². The van der Waals surface area contributed by atoms with Gasteiger partial charge in [-0.3, -0.25) is 4.79 Å². The Bertz CT molecular complexity index is 432. The molecule has 0 aromatic heterocycles. The Balaban J connectivity index is 1.91. The zero-order valence-corrected chi connectivity index (χ0v) is 12.8. The van der Waals surface area contributed by atoms with Crippen molar-refractivity contribution < 1.29 is 9.90 Å². The van der Waals surface area contributed by atoms with Crippen LogP contribution in [0.1, 0.15) is 18.9 Å². The lowest BCUT2D eigenvalue weighted by atomic mass is 10.00. The maximum Gasteiger partial charge on any atom is 0.225 e. The molecule has 0 aliphatic carbocycles. The summed E-state index contributed by atoms with van der Waals surface area (Å²) in [7, 11) is 0. The summed E-state index contributed by atoms with van der Waals surface area (Å²) in [6.07, 6.45) is 1.69. The molecule has 1 aromatic rings. The lowest BCUT2D eigenvalue weighted by Gasteiger charge is -2.21. The van der Waals surface area contributed by atoms with E-state index in [1.54, 1.807) is 0 Å². The van der Waals surface area contributed by atoms with Crippen molar-refractivity contribution in [2.75, 3.05) is 19.7 Å². The van der Waals surface area contributed by atoms with E-state index in [4.69, 9.17) is 5.11 Å². The van der Waals surface area contributed by atoms with Gasteiger partial charge in [-0.15, -0.1) is 0 Å². The van der Waals surface area contributed by atoms with E-state index >= 15 is 0 Å². The SMILES string of the molecule is CC(Cc1ccc(Br)cc1)C(=O)N1CCC(CO)C1. The number of aliphatic hydroxyl groups is 1. The van der Waals surface area contributed by atoms with Crippen molar-refractivity contribution >= 4 is 21.8 Å². The molecule has 1 aliphatic rings.